The fourth-order valence-electron chi connectivity index (χ4n) is 1.40. The molecule has 0 aromatic carbocycles. The van der Waals surface area contributed by atoms with Crippen molar-refractivity contribution in [2.45, 2.75) is 6.92 Å². The Balaban J connectivity index is 2.25. The minimum atomic E-state index is -1.11. The quantitative estimate of drug-likeness (QED) is 0.612. The highest BCUT2D eigenvalue weighted by molar-refractivity contribution is 6.06. The highest BCUT2D eigenvalue weighted by Gasteiger charge is 2.18. The number of amides is 1. The van der Waals surface area contributed by atoms with E-state index in [4.69, 9.17) is 5.11 Å². The van der Waals surface area contributed by atoms with Crippen LogP contribution in [0.15, 0.2) is 12.5 Å². The predicted molar refractivity (Wildman–Crippen MR) is 56.8 cm³/mol. The van der Waals surface area contributed by atoms with E-state index in [9.17, 15) is 9.59 Å². The summed E-state index contributed by atoms with van der Waals surface area (Å²) in [6.45, 7) is 1.60. The van der Waals surface area contributed by atoms with Crippen LogP contribution in [-0.2, 0) is 0 Å². The minimum absolute atomic E-state index is 0.0141. The second kappa shape index (κ2) is 4.08. The maximum Gasteiger partial charge on any atom is 0.339 e. The molecule has 2 rings (SSSR count). The number of carbonyl (C=O) groups excluding carboxylic acids is 1. The molecule has 0 aliphatic rings. The number of aryl methyl sites for hydroxylation is 1. The third-order valence-electron chi connectivity index (χ3n) is 2.17. The lowest BCUT2D eigenvalue weighted by Crippen LogP contribution is -2.15. The van der Waals surface area contributed by atoms with Gasteiger partial charge in [0.25, 0.3) is 5.91 Å². The second-order valence-corrected chi connectivity index (χ2v) is 3.30. The summed E-state index contributed by atoms with van der Waals surface area (Å²) in [6.07, 6.45) is 2.60. The van der Waals surface area contributed by atoms with Crippen molar-refractivity contribution in [3.8, 4) is 0 Å². The van der Waals surface area contributed by atoms with Gasteiger partial charge < -0.3 is 15.4 Å². The number of aromatic amines is 2. The molecule has 8 heteroatoms. The maximum absolute atomic E-state index is 11.6. The third-order valence-corrected chi connectivity index (χ3v) is 2.17. The van der Waals surface area contributed by atoms with Crippen LogP contribution in [0.3, 0.4) is 0 Å². The monoisotopic (exact) mass is 235 g/mol. The van der Waals surface area contributed by atoms with Gasteiger partial charge in [-0.05, 0) is 6.92 Å². The first kappa shape index (κ1) is 10.9. The van der Waals surface area contributed by atoms with E-state index >= 15 is 0 Å². The SMILES string of the molecule is Cc1[nH]cc(NC(=O)c2ncn[nH]2)c1C(=O)O. The van der Waals surface area contributed by atoms with Crippen molar-refractivity contribution in [3.63, 3.8) is 0 Å². The summed E-state index contributed by atoms with van der Waals surface area (Å²) in [6, 6.07) is 0. The van der Waals surface area contributed by atoms with Crippen LogP contribution >= 0.6 is 0 Å². The Kier molecular flexibility index (Phi) is 2.61. The van der Waals surface area contributed by atoms with Crippen molar-refractivity contribution in [1.82, 2.24) is 20.2 Å². The molecular formula is C9H9N5O3. The van der Waals surface area contributed by atoms with Gasteiger partial charge in [0, 0.05) is 11.9 Å². The van der Waals surface area contributed by atoms with Gasteiger partial charge in [0.05, 0.1) is 5.69 Å². The Labute approximate surface area is 95.1 Å². The molecular weight excluding hydrogens is 226 g/mol. The zero-order valence-electron chi connectivity index (χ0n) is 8.81. The molecule has 0 bridgehead atoms. The summed E-state index contributed by atoms with van der Waals surface area (Å²) in [4.78, 5) is 29.0. The molecule has 1 amide bonds. The van der Waals surface area contributed by atoms with Gasteiger partial charge in [-0.3, -0.25) is 9.89 Å². The highest BCUT2D eigenvalue weighted by Crippen LogP contribution is 2.19. The number of nitrogens with one attached hydrogen (secondary N) is 3. The summed E-state index contributed by atoms with van der Waals surface area (Å²) >= 11 is 0. The first-order valence-electron chi connectivity index (χ1n) is 4.67. The van der Waals surface area contributed by atoms with E-state index in [0.717, 1.165) is 0 Å². The average molecular weight is 235 g/mol. The normalized spacial score (nSPS) is 10.2. The number of H-pyrrole nitrogens is 2. The molecule has 2 aromatic heterocycles. The van der Waals surface area contributed by atoms with Gasteiger partial charge in [0.2, 0.25) is 5.82 Å². The molecule has 0 fully saturated rings. The summed E-state index contributed by atoms with van der Waals surface area (Å²) < 4.78 is 0. The number of rotatable bonds is 3. The number of carbonyl (C=O) groups is 2. The maximum atomic E-state index is 11.6. The van der Waals surface area contributed by atoms with Gasteiger partial charge in [-0.1, -0.05) is 0 Å². The lowest BCUT2D eigenvalue weighted by molar-refractivity contribution is 0.0697. The molecule has 2 aromatic rings. The van der Waals surface area contributed by atoms with Crippen molar-refractivity contribution in [1.29, 1.82) is 0 Å². The van der Waals surface area contributed by atoms with Crippen LogP contribution in [0.1, 0.15) is 26.7 Å². The summed E-state index contributed by atoms with van der Waals surface area (Å²) in [5.41, 5.74) is 0.680. The largest absolute Gasteiger partial charge is 0.478 e. The number of carboxylic acids is 1. The number of aromatic carboxylic acids is 1. The number of carboxylic acid groups (broad SMARTS) is 1. The van der Waals surface area contributed by atoms with E-state index in [1.807, 2.05) is 0 Å². The molecule has 2 heterocycles. The topological polar surface area (TPSA) is 124 Å². The Morgan fingerprint density at radius 1 is 1.47 bits per heavy atom. The number of nitrogens with zero attached hydrogens (tertiary/aromatic N) is 2. The molecule has 88 valence electrons. The number of anilines is 1. The van der Waals surface area contributed by atoms with Crippen LogP contribution in [0.2, 0.25) is 0 Å². The van der Waals surface area contributed by atoms with Crippen LogP contribution in [0.25, 0.3) is 0 Å². The number of aromatic nitrogens is 4. The number of hydrogen-bond donors (Lipinski definition) is 4. The highest BCUT2D eigenvalue weighted by atomic mass is 16.4. The van der Waals surface area contributed by atoms with Gasteiger partial charge in [-0.2, -0.15) is 5.10 Å². The smallest absolute Gasteiger partial charge is 0.339 e. The lowest BCUT2D eigenvalue weighted by Gasteiger charge is -2.01. The molecule has 8 nitrogen and oxygen atoms in total. The van der Waals surface area contributed by atoms with E-state index in [2.05, 4.69) is 25.5 Å². The first-order valence-corrected chi connectivity index (χ1v) is 4.67. The lowest BCUT2D eigenvalue weighted by atomic mass is 10.2. The zero-order valence-corrected chi connectivity index (χ0v) is 8.81. The van der Waals surface area contributed by atoms with Crippen molar-refractivity contribution in [2.75, 3.05) is 5.32 Å². The van der Waals surface area contributed by atoms with E-state index in [-0.39, 0.29) is 17.1 Å². The Morgan fingerprint density at radius 2 is 2.24 bits per heavy atom. The second-order valence-electron chi connectivity index (χ2n) is 3.30. The molecule has 0 spiro atoms. The fourth-order valence-corrected chi connectivity index (χ4v) is 1.40. The summed E-state index contributed by atoms with van der Waals surface area (Å²) in [5, 5.41) is 17.3. The van der Waals surface area contributed by atoms with Crippen molar-refractivity contribution < 1.29 is 14.7 Å². The molecule has 17 heavy (non-hydrogen) atoms. The van der Waals surface area contributed by atoms with Crippen LogP contribution in [0.5, 0.6) is 0 Å². The molecule has 0 saturated carbocycles. The van der Waals surface area contributed by atoms with Crippen LogP contribution in [-0.4, -0.2) is 37.1 Å². The van der Waals surface area contributed by atoms with Gasteiger partial charge in [-0.25, -0.2) is 9.78 Å². The van der Waals surface area contributed by atoms with Crippen LogP contribution < -0.4 is 5.32 Å². The van der Waals surface area contributed by atoms with E-state index < -0.39 is 11.9 Å². The van der Waals surface area contributed by atoms with Gasteiger partial charge >= 0.3 is 5.97 Å². The first-order chi connectivity index (χ1) is 8.09. The van der Waals surface area contributed by atoms with Crippen molar-refractivity contribution >= 4 is 17.6 Å². The Morgan fingerprint density at radius 3 is 2.82 bits per heavy atom. The molecule has 0 saturated heterocycles. The van der Waals surface area contributed by atoms with Crippen LogP contribution in [0.4, 0.5) is 5.69 Å². The predicted octanol–water partition coefficient (Wildman–Crippen LogP) is 0.392. The number of hydrogen-bond acceptors (Lipinski definition) is 4. The van der Waals surface area contributed by atoms with Gasteiger partial charge in [0.15, 0.2) is 0 Å². The molecule has 0 aliphatic carbocycles. The van der Waals surface area contributed by atoms with Crippen molar-refractivity contribution in [2.24, 2.45) is 0 Å². The minimum Gasteiger partial charge on any atom is -0.478 e. The van der Waals surface area contributed by atoms with E-state index in [0.29, 0.717) is 5.69 Å². The van der Waals surface area contributed by atoms with Crippen molar-refractivity contribution in [3.05, 3.63) is 29.6 Å². The molecule has 0 unspecified atom stereocenters. The Bertz CT molecular complexity index is 557. The van der Waals surface area contributed by atoms with Crippen LogP contribution in [0, 0.1) is 6.92 Å². The van der Waals surface area contributed by atoms with Gasteiger partial charge in [0.1, 0.15) is 11.9 Å². The standard InChI is InChI=1S/C9H9N5O3/c1-4-6(9(16)17)5(2-10-4)13-8(15)7-11-3-12-14-7/h2-3,10H,1H3,(H,13,15)(H,16,17)(H,11,12,14). The van der Waals surface area contributed by atoms with E-state index in [1.165, 1.54) is 12.5 Å². The third kappa shape index (κ3) is 2.00. The summed E-state index contributed by atoms with van der Waals surface area (Å²) in [7, 11) is 0. The molecule has 0 atom stereocenters. The average Bonchev–Trinajstić information content (AvgIpc) is 2.87. The zero-order chi connectivity index (χ0) is 12.4. The van der Waals surface area contributed by atoms with Gasteiger partial charge in [-0.15, -0.1) is 0 Å². The molecule has 0 aliphatic heterocycles. The van der Waals surface area contributed by atoms with E-state index in [1.54, 1.807) is 6.92 Å². The Hall–Kier alpha value is -2.64. The molecule has 4 N–H and O–H groups in total. The fraction of sp³-hybridized carbons (Fsp3) is 0.111. The molecule has 0 radical (unpaired) electrons. The summed E-state index contributed by atoms with van der Waals surface area (Å²) in [5.74, 6) is -1.65.